The Labute approximate surface area is 45.0 Å². The molecule has 1 heteroatoms. The summed E-state index contributed by atoms with van der Waals surface area (Å²) in [4.78, 5) is 0. The summed E-state index contributed by atoms with van der Waals surface area (Å²) < 4.78 is 4.53. The van der Waals surface area contributed by atoms with Gasteiger partial charge >= 0.3 is 0 Å². The Morgan fingerprint density at radius 2 is 2.29 bits per heavy atom. The van der Waals surface area contributed by atoms with Crippen LogP contribution in [0.4, 0.5) is 0 Å². The van der Waals surface area contributed by atoms with Crippen LogP contribution in [0.15, 0.2) is 11.6 Å². The van der Waals surface area contributed by atoms with Crippen LogP contribution < -0.4 is 0 Å². The molecule has 1 radical (unpaired) electrons. The number of rotatable bonds is 2. The fourth-order valence-corrected chi connectivity index (χ4v) is 0.226. The predicted octanol–water partition coefficient (Wildman–Crippen LogP) is 1.76. The third-order valence-electron chi connectivity index (χ3n) is 0.609. The third-order valence-corrected chi connectivity index (χ3v) is 0.609. The second kappa shape index (κ2) is 3.88. The predicted molar refractivity (Wildman–Crippen MR) is 30.7 cm³/mol. The summed E-state index contributed by atoms with van der Waals surface area (Å²) in [6.45, 7) is 4.68. The first-order valence-electron chi connectivity index (χ1n) is 2.27. The van der Waals surface area contributed by atoms with E-state index >= 15 is 0 Å². The average Bonchev–Trinajstić information content (AvgIpc) is 1.61. The molecule has 0 saturated carbocycles. The molecule has 0 spiro atoms. The molecule has 7 heavy (non-hydrogen) atoms. The first-order chi connectivity index (χ1) is 3.27. The van der Waals surface area contributed by atoms with Crippen LogP contribution in [-0.4, -0.2) is 6.61 Å². The van der Waals surface area contributed by atoms with Gasteiger partial charge in [-0.25, -0.2) is 0 Å². The molecule has 0 aliphatic heterocycles. The summed E-state index contributed by atoms with van der Waals surface area (Å²) >= 11 is 0. The van der Waals surface area contributed by atoms with Gasteiger partial charge in [0.1, 0.15) is 0 Å². The van der Waals surface area contributed by atoms with Crippen molar-refractivity contribution in [2.24, 2.45) is 0 Å². The zero-order valence-electron chi connectivity index (χ0n) is 4.90. The highest BCUT2D eigenvalue weighted by atomic mass is 16.5. The van der Waals surface area contributed by atoms with E-state index in [4.69, 9.17) is 0 Å². The lowest BCUT2D eigenvalue weighted by Crippen LogP contribution is -1.78. The maximum atomic E-state index is 4.53. The summed E-state index contributed by atoms with van der Waals surface area (Å²) in [6.07, 6.45) is 1.98. The molecule has 0 aromatic carbocycles. The van der Waals surface area contributed by atoms with Crippen molar-refractivity contribution in [3.8, 4) is 0 Å². The second-order valence-electron chi connectivity index (χ2n) is 1.65. The van der Waals surface area contributed by atoms with E-state index in [-0.39, 0.29) is 0 Å². The quantitative estimate of drug-likeness (QED) is 0.479. The van der Waals surface area contributed by atoms with Gasteiger partial charge < -0.3 is 4.74 Å². The van der Waals surface area contributed by atoms with Crippen molar-refractivity contribution in [2.45, 2.75) is 13.8 Å². The van der Waals surface area contributed by atoms with Crippen LogP contribution in [0.3, 0.4) is 0 Å². The molecule has 0 fully saturated rings. The van der Waals surface area contributed by atoms with Crippen molar-refractivity contribution in [1.29, 1.82) is 0 Å². The monoisotopic (exact) mass is 99.1 g/mol. The Bertz CT molecular complexity index is 60.6. The summed E-state index contributed by atoms with van der Waals surface area (Å²) in [5.41, 5.74) is 1.27. The number of ether oxygens (including phenoxy) is 1. The summed E-state index contributed by atoms with van der Waals surface area (Å²) in [5, 5.41) is 0. The first-order valence-corrected chi connectivity index (χ1v) is 2.27. The van der Waals surface area contributed by atoms with Gasteiger partial charge in [0.15, 0.2) is 0 Å². The van der Waals surface area contributed by atoms with Gasteiger partial charge in [0, 0.05) is 0 Å². The van der Waals surface area contributed by atoms with E-state index in [1.54, 1.807) is 0 Å². The molecule has 0 aliphatic carbocycles. The molecule has 0 unspecified atom stereocenters. The van der Waals surface area contributed by atoms with Crippen molar-refractivity contribution in [2.75, 3.05) is 6.61 Å². The van der Waals surface area contributed by atoms with Gasteiger partial charge in [0.2, 0.25) is 0 Å². The SMILES string of the molecule is [CH2]OCC=C(C)C. The van der Waals surface area contributed by atoms with E-state index in [0.717, 1.165) is 0 Å². The Morgan fingerprint density at radius 1 is 1.71 bits per heavy atom. The van der Waals surface area contributed by atoms with E-state index in [1.807, 2.05) is 19.9 Å². The Morgan fingerprint density at radius 3 is 2.43 bits per heavy atom. The van der Waals surface area contributed by atoms with Gasteiger partial charge in [0.05, 0.1) is 13.7 Å². The van der Waals surface area contributed by atoms with E-state index in [9.17, 15) is 0 Å². The topological polar surface area (TPSA) is 9.23 Å². The van der Waals surface area contributed by atoms with Crippen molar-refractivity contribution in [3.05, 3.63) is 18.8 Å². The molecule has 0 saturated heterocycles. The van der Waals surface area contributed by atoms with Crippen LogP contribution in [0.1, 0.15) is 13.8 Å². The standard InChI is InChI=1S/C6H11O/c1-6(2)4-5-7-3/h4H,3,5H2,1-2H3. The second-order valence-corrected chi connectivity index (χ2v) is 1.65. The van der Waals surface area contributed by atoms with Crippen LogP contribution in [0.2, 0.25) is 0 Å². The van der Waals surface area contributed by atoms with Gasteiger partial charge in [-0.05, 0) is 13.8 Å². The molecule has 1 nitrogen and oxygen atoms in total. The molecule has 0 aromatic rings. The van der Waals surface area contributed by atoms with Crippen molar-refractivity contribution >= 4 is 0 Å². The van der Waals surface area contributed by atoms with Crippen LogP contribution in [0.5, 0.6) is 0 Å². The minimum absolute atomic E-state index is 0.627. The van der Waals surface area contributed by atoms with Crippen molar-refractivity contribution in [3.63, 3.8) is 0 Å². The van der Waals surface area contributed by atoms with E-state index < -0.39 is 0 Å². The third kappa shape index (κ3) is 5.70. The molecule has 0 N–H and O–H groups in total. The fraction of sp³-hybridized carbons (Fsp3) is 0.500. The largest absolute Gasteiger partial charge is 0.375 e. The van der Waals surface area contributed by atoms with Crippen LogP contribution >= 0.6 is 0 Å². The lowest BCUT2D eigenvalue weighted by molar-refractivity contribution is 0.281. The highest BCUT2D eigenvalue weighted by Gasteiger charge is 1.72. The molecular formula is C6H11O. The molecular weight excluding hydrogens is 88.1 g/mol. The summed E-state index contributed by atoms with van der Waals surface area (Å²) in [5.74, 6) is 0. The van der Waals surface area contributed by atoms with E-state index in [0.29, 0.717) is 6.61 Å². The van der Waals surface area contributed by atoms with Gasteiger partial charge in [-0.15, -0.1) is 0 Å². The Hall–Kier alpha value is -0.300. The molecule has 0 atom stereocenters. The molecule has 0 rings (SSSR count). The van der Waals surface area contributed by atoms with E-state index in [1.165, 1.54) is 5.57 Å². The fourth-order valence-electron chi connectivity index (χ4n) is 0.226. The Kier molecular flexibility index (Phi) is 3.71. The first kappa shape index (κ1) is 6.70. The summed E-state index contributed by atoms with van der Waals surface area (Å²) in [7, 11) is 3.21. The number of hydrogen-bond acceptors (Lipinski definition) is 1. The minimum Gasteiger partial charge on any atom is -0.375 e. The van der Waals surface area contributed by atoms with Crippen LogP contribution in [-0.2, 0) is 4.74 Å². The van der Waals surface area contributed by atoms with Crippen molar-refractivity contribution in [1.82, 2.24) is 0 Å². The summed E-state index contributed by atoms with van der Waals surface area (Å²) in [6, 6.07) is 0. The smallest absolute Gasteiger partial charge is 0.0704 e. The van der Waals surface area contributed by atoms with Crippen molar-refractivity contribution < 1.29 is 4.74 Å². The minimum atomic E-state index is 0.627. The van der Waals surface area contributed by atoms with Gasteiger partial charge in [0.25, 0.3) is 0 Å². The molecule has 0 aliphatic rings. The van der Waals surface area contributed by atoms with E-state index in [2.05, 4.69) is 11.8 Å². The van der Waals surface area contributed by atoms with Gasteiger partial charge in [-0.1, -0.05) is 11.6 Å². The molecule has 0 bridgehead atoms. The highest BCUT2D eigenvalue weighted by molar-refractivity contribution is 4.92. The molecule has 0 aromatic heterocycles. The van der Waals surface area contributed by atoms with Gasteiger partial charge in [-0.3, -0.25) is 0 Å². The maximum absolute atomic E-state index is 4.53. The Balaban J connectivity index is 3.08. The van der Waals surface area contributed by atoms with Crippen LogP contribution in [0, 0.1) is 7.11 Å². The number of hydrogen-bond donors (Lipinski definition) is 0. The molecule has 41 valence electrons. The average molecular weight is 99.2 g/mol. The zero-order valence-corrected chi connectivity index (χ0v) is 4.90. The van der Waals surface area contributed by atoms with Gasteiger partial charge in [-0.2, -0.15) is 0 Å². The maximum Gasteiger partial charge on any atom is 0.0704 e. The normalized spacial score (nSPS) is 8.43. The molecule has 0 amide bonds. The number of allylic oxidation sites excluding steroid dienone is 1. The molecule has 0 heterocycles. The highest BCUT2D eigenvalue weighted by Crippen LogP contribution is 1.86. The van der Waals surface area contributed by atoms with Crippen LogP contribution in [0.25, 0.3) is 0 Å². The lowest BCUT2D eigenvalue weighted by Gasteiger charge is -1.87. The zero-order chi connectivity index (χ0) is 5.70. The lowest BCUT2D eigenvalue weighted by atomic mass is 10.3.